The van der Waals surface area contributed by atoms with Gasteiger partial charge in [-0.1, -0.05) is 6.92 Å². The molecule has 5 nitrogen and oxygen atoms in total. The van der Waals surface area contributed by atoms with Gasteiger partial charge >= 0.3 is 0 Å². The van der Waals surface area contributed by atoms with E-state index in [0.29, 0.717) is 19.8 Å². The van der Waals surface area contributed by atoms with Gasteiger partial charge in [0.2, 0.25) is 5.91 Å². The summed E-state index contributed by atoms with van der Waals surface area (Å²) in [5.74, 6) is -0.118. The number of ether oxygens (including phenoxy) is 1. The fraction of sp³-hybridized carbons (Fsp3) is 0.917. The summed E-state index contributed by atoms with van der Waals surface area (Å²) in [6, 6.07) is 0.620. The smallest absolute Gasteiger partial charge is 0.227 e. The lowest BCUT2D eigenvalue weighted by Gasteiger charge is -2.20. The molecule has 0 spiro atoms. The highest BCUT2D eigenvalue weighted by Crippen LogP contribution is 2.25. The number of nitrogens with two attached hydrogens (primary N) is 1. The third-order valence-electron chi connectivity index (χ3n) is 3.63. The van der Waals surface area contributed by atoms with E-state index >= 15 is 0 Å². The summed E-state index contributed by atoms with van der Waals surface area (Å²) in [6.07, 6.45) is 2.62. The minimum absolute atomic E-state index is 0.0434. The molecule has 1 saturated heterocycles. The van der Waals surface area contributed by atoms with Crippen LogP contribution in [0.1, 0.15) is 19.8 Å². The number of rotatable bonds is 6. The second-order valence-corrected chi connectivity index (χ2v) is 4.96. The Bertz CT molecular complexity index is 268. The van der Waals surface area contributed by atoms with Crippen LogP contribution in [0.3, 0.4) is 0 Å². The standard InChI is InChI=1S/C12H23N3O2/c1-2-15(9-3-4-9)6-5-14-12(16)10-7-17-8-11(10)13/h9-11H,2-8,13H2,1H3,(H,14,16). The minimum Gasteiger partial charge on any atom is -0.379 e. The highest BCUT2D eigenvalue weighted by molar-refractivity contribution is 5.79. The number of carbonyl (C=O) groups excluding carboxylic acids is 1. The molecule has 1 aliphatic heterocycles. The van der Waals surface area contributed by atoms with Gasteiger partial charge in [0.15, 0.2) is 0 Å². The predicted molar refractivity (Wildman–Crippen MR) is 65.6 cm³/mol. The van der Waals surface area contributed by atoms with Crippen molar-refractivity contribution in [1.82, 2.24) is 10.2 Å². The Labute approximate surface area is 103 Å². The third kappa shape index (κ3) is 3.40. The molecule has 1 amide bonds. The number of hydrogen-bond donors (Lipinski definition) is 2. The molecule has 1 aliphatic carbocycles. The molecule has 98 valence electrons. The normalized spacial score (nSPS) is 28.6. The van der Waals surface area contributed by atoms with Crippen LogP contribution < -0.4 is 11.1 Å². The monoisotopic (exact) mass is 241 g/mol. The maximum Gasteiger partial charge on any atom is 0.227 e. The number of hydrogen-bond acceptors (Lipinski definition) is 4. The van der Waals surface area contributed by atoms with Crippen LogP contribution in [-0.4, -0.2) is 55.7 Å². The van der Waals surface area contributed by atoms with Crippen molar-refractivity contribution < 1.29 is 9.53 Å². The van der Waals surface area contributed by atoms with E-state index in [4.69, 9.17) is 10.5 Å². The molecule has 2 atom stereocenters. The predicted octanol–water partition coefficient (Wildman–Crippen LogP) is -0.439. The Balaban J connectivity index is 1.65. The van der Waals surface area contributed by atoms with Gasteiger partial charge in [0.1, 0.15) is 0 Å². The van der Waals surface area contributed by atoms with Crippen LogP contribution in [0.5, 0.6) is 0 Å². The summed E-state index contributed by atoms with van der Waals surface area (Å²) in [4.78, 5) is 14.2. The molecule has 1 heterocycles. The van der Waals surface area contributed by atoms with Gasteiger partial charge in [-0.3, -0.25) is 9.69 Å². The zero-order chi connectivity index (χ0) is 12.3. The highest BCUT2D eigenvalue weighted by Gasteiger charge is 2.31. The maximum absolute atomic E-state index is 11.8. The summed E-state index contributed by atoms with van der Waals surface area (Å²) in [5, 5.41) is 2.96. The molecule has 0 aromatic rings. The molecule has 0 bridgehead atoms. The van der Waals surface area contributed by atoms with Crippen molar-refractivity contribution in [3.05, 3.63) is 0 Å². The molecule has 3 N–H and O–H groups in total. The number of nitrogens with one attached hydrogen (secondary N) is 1. The molecule has 0 aromatic carbocycles. The molecule has 5 heteroatoms. The Morgan fingerprint density at radius 3 is 2.76 bits per heavy atom. The van der Waals surface area contributed by atoms with Crippen molar-refractivity contribution in [2.45, 2.75) is 31.8 Å². The van der Waals surface area contributed by atoms with Crippen molar-refractivity contribution in [2.75, 3.05) is 32.8 Å². The van der Waals surface area contributed by atoms with Crippen molar-refractivity contribution in [2.24, 2.45) is 11.7 Å². The molecule has 2 aliphatic rings. The number of nitrogens with zero attached hydrogens (tertiary/aromatic N) is 1. The quantitative estimate of drug-likeness (QED) is 0.661. The number of likely N-dealkylation sites (N-methyl/N-ethyl adjacent to an activating group) is 1. The van der Waals surface area contributed by atoms with Gasteiger partial charge in [-0.25, -0.2) is 0 Å². The van der Waals surface area contributed by atoms with E-state index in [-0.39, 0.29) is 17.9 Å². The van der Waals surface area contributed by atoms with E-state index in [9.17, 15) is 4.79 Å². The molecule has 2 unspecified atom stereocenters. The molecule has 2 rings (SSSR count). The van der Waals surface area contributed by atoms with E-state index in [1.54, 1.807) is 0 Å². The second-order valence-electron chi connectivity index (χ2n) is 4.96. The molecule has 1 saturated carbocycles. The zero-order valence-corrected chi connectivity index (χ0v) is 10.5. The van der Waals surface area contributed by atoms with Crippen LogP contribution in [0.25, 0.3) is 0 Å². The fourth-order valence-electron chi connectivity index (χ4n) is 2.33. The van der Waals surface area contributed by atoms with Gasteiger partial charge in [-0.15, -0.1) is 0 Å². The van der Waals surface area contributed by atoms with E-state index in [2.05, 4.69) is 17.1 Å². The summed E-state index contributed by atoms with van der Waals surface area (Å²) < 4.78 is 5.19. The second kappa shape index (κ2) is 5.80. The van der Waals surface area contributed by atoms with Crippen LogP contribution in [0.15, 0.2) is 0 Å². The van der Waals surface area contributed by atoms with E-state index in [0.717, 1.165) is 19.1 Å². The first-order valence-corrected chi connectivity index (χ1v) is 6.57. The maximum atomic E-state index is 11.8. The average Bonchev–Trinajstić information content (AvgIpc) is 3.06. The molecular weight excluding hydrogens is 218 g/mol. The highest BCUT2D eigenvalue weighted by atomic mass is 16.5. The Kier molecular flexibility index (Phi) is 4.36. The molecule has 0 aromatic heterocycles. The Morgan fingerprint density at radius 1 is 1.47 bits per heavy atom. The topological polar surface area (TPSA) is 67.6 Å². The van der Waals surface area contributed by atoms with Crippen molar-refractivity contribution in [3.63, 3.8) is 0 Å². The molecule has 2 fully saturated rings. The van der Waals surface area contributed by atoms with Crippen molar-refractivity contribution in [3.8, 4) is 0 Å². The lowest BCUT2D eigenvalue weighted by molar-refractivity contribution is -0.125. The number of carbonyl (C=O) groups is 1. The van der Waals surface area contributed by atoms with Crippen molar-refractivity contribution in [1.29, 1.82) is 0 Å². The van der Waals surface area contributed by atoms with Crippen LogP contribution in [0.2, 0.25) is 0 Å². The van der Waals surface area contributed by atoms with Gasteiger partial charge in [0.05, 0.1) is 19.1 Å². The lowest BCUT2D eigenvalue weighted by atomic mass is 10.0. The van der Waals surface area contributed by atoms with Crippen LogP contribution in [0, 0.1) is 5.92 Å². The van der Waals surface area contributed by atoms with Crippen LogP contribution >= 0.6 is 0 Å². The minimum atomic E-state index is -0.161. The SMILES string of the molecule is CCN(CCNC(=O)C1COCC1N)C1CC1. The third-order valence-corrected chi connectivity index (χ3v) is 3.63. The molecule has 0 radical (unpaired) electrons. The van der Waals surface area contributed by atoms with Gasteiger partial charge in [-0.2, -0.15) is 0 Å². The molecule has 17 heavy (non-hydrogen) atoms. The average molecular weight is 241 g/mol. The lowest BCUT2D eigenvalue weighted by Crippen LogP contribution is -2.43. The van der Waals surface area contributed by atoms with E-state index in [1.165, 1.54) is 12.8 Å². The first-order chi connectivity index (χ1) is 8.22. The van der Waals surface area contributed by atoms with Crippen molar-refractivity contribution >= 4 is 5.91 Å². The first-order valence-electron chi connectivity index (χ1n) is 6.57. The fourth-order valence-corrected chi connectivity index (χ4v) is 2.33. The van der Waals surface area contributed by atoms with Gasteiger partial charge < -0.3 is 15.8 Å². The summed E-state index contributed by atoms with van der Waals surface area (Å²) in [6.45, 7) is 5.85. The first kappa shape index (κ1) is 12.8. The largest absolute Gasteiger partial charge is 0.379 e. The van der Waals surface area contributed by atoms with Gasteiger partial charge in [0, 0.05) is 25.2 Å². The van der Waals surface area contributed by atoms with Crippen LogP contribution in [-0.2, 0) is 9.53 Å². The van der Waals surface area contributed by atoms with Gasteiger partial charge in [0.25, 0.3) is 0 Å². The Morgan fingerprint density at radius 2 is 2.24 bits per heavy atom. The van der Waals surface area contributed by atoms with E-state index in [1.807, 2.05) is 0 Å². The summed E-state index contributed by atoms with van der Waals surface area (Å²) in [7, 11) is 0. The Hall–Kier alpha value is -0.650. The van der Waals surface area contributed by atoms with Crippen LogP contribution in [0.4, 0.5) is 0 Å². The molecular formula is C12H23N3O2. The zero-order valence-electron chi connectivity index (χ0n) is 10.5. The van der Waals surface area contributed by atoms with Gasteiger partial charge in [-0.05, 0) is 19.4 Å². The summed E-state index contributed by atoms with van der Waals surface area (Å²) >= 11 is 0. The number of amides is 1. The summed E-state index contributed by atoms with van der Waals surface area (Å²) in [5.41, 5.74) is 5.80. The van der Waals surface area contributed by atoms with E-state index < -0.39 is 0 Å².